The van der Waals surface area contributed by atoms with Crippen molar-refractivity contribution in [3.63, 3.8) is 0 Å². The summed E-state index contributed by atoms with van der Waals surface area (Å²) in [5, 5.41) is 0. The summed E-state index contributed by atoms with van der Waals surface area (Å²) < 4.78 is 5.22. The second-order valence-corrected chi connectivity index (χ2v) is 6.29. The quantitative estimate of drug-likeness (QED) is 0.861. The lowest BCUT2D eigenvalue weighted by Crippen LogP contribution is -2.19. The molecule has 4 heteroatoms. The highest BCUT2D eigenvalue weighted by atomic mass is 32.1. The van der Waals surface area contributed by atoms with Gasteiger partial charge in [-0.15, -0.1) is 11.3 Å². The summed E-state index contributed by atoms with van der Waals surface area (Å²) in [6.45, 7) is 5.46. The van der Waals surface area contributed by atoms with E-state index in [2.05, 4.69) is 41.1 Å². The van der Waals surface area contributed by atoms with Crippen LogP contribution in [0.3, 0.4) is 0 Å². The molecule has 0 spiro atoms. The maximum atomic E-state index is 5.22. The molecule has 0 bridgehead atoms. The molecule has 1 unspecified atom stereocenters. The summed E-state index contributed by atoms with van der Waals surface area (Å²) in [6, 6.07) is 8.52. The Hall–Kier alpha value is -1.39. The maximum Gasteiger partial charge on any atom is 0.118 e. The number of benzene rings is 1. The average molecular weight is 288 g/mol. The van der Waals surface area contributed by atoms with Crippen LogP contribution in [0.1, 0.15) is 28.5 Å². The third-order valence-corrected chi connectivity index (χ3v) is 4.99. The van der Waals surface area contributed by atoms with Gasteiger partial charge >= 0.3 is 0 Å². The lowest BCUT2D eigenvalue weighted by atomic mass is 9.98. The number of aryl methyl sites for hydroxylation is 1. The smallest absolute Gasteiger partial charge is 0.118 e. The molecule has 1 aromatic heterocycles. The van der Waals surface area contributed by atoms with E-state index in [0.717, 1.165) is 18.8 Å². The van der Waals surface area contributed by atoms with E-state index >= 15 is 0 Å². The van der Waals surface area contributed by atoms with E-state index in [4.69, 9.17) is 4.74 Å². The van der Waals surface area contributed by atoms with Crippen molar-refractivity contribution in [1.82, 2.24) is 9.88 Å². The summed E-state index contributed by atoms with van der Waals surface area (Å²) in [7, 11) is 1.71. The first-order chi connectivity index (χ1) is 9.76. The van der Waals surface area contributed by atoms with Crippen molar-refractivity contribution >= 4 is 11.3 Å². The van der Waals surface area contributed by atoms with Gasteiger partial charge in [-0.2, -0.15) is 0 Å². The molecule has 3 rings (SSSR count). The van der Waals surface area contributed by atoms with Crippen molar-refractivity contribution in [1.29, 1.82) is 0 Å². The summed E-state index contributed by atoms with van der Waals surface area (Å²) in [5.41, 5.74) is 4.55. The van der Waals surface area contributed by atoms with Crippen molar-refractivity contribution in [3.8, 4) is 5.75 Å². The van der Waals surface area contributed by atoms with Gasteiger partial charge < -0.3 is 4.74 Å². The van der Waals surface area contributed by atoms with Crippen molar-refractivity contribution in [2.24, 2.45) is 0 Å². The number of aromatic nitrogens is 1. The van der Waals surface area contributed by atoms with Gasteiger partial charge in [-0.25, -0.2) is 4.98 Å². The van der Waals surface area contributed by atoms with Gasteiger partial charge in [-0.05, 0) is 43.5 Å². The van der Waals surface area contributed by atoms with Gasteiger partial charge in [0.25, 0.3) is 0 Å². The molecule has 1 aliphatic rings. The fraction of sp³-hybridized carbons (Fsp3) is 0.438. The molecule has 0 amide bonds. The fourth-order valence-corrected chi connectivity index (χ4v) is 3.62. The second kappa shape index (κ2) is 5.94. The van der Waals surface area contributed by atoms with Gasteiger partial charge in [0, 0.05) is 18.0 Å². The first-order valence-corrected chi connectivity index (χ1v) is 7.89. The Kier molecular flexibility index (Phi) is 4.03. The lowest BCUT2D eigenvalue weighted by molar-refractivity contribution is 0.329. The molecule has 1 atom stereocenters. The second-order valence-electron chi connectivity index (χ2n) is 5.35. The third-order valence-electron chi connectivity index (χ3n) is 4.07. The molecule has 3 nitrogen and oxygen atoms in total. The number of nitrogens with zero attached hydrogens (tertiary/aromatic N) is 2. The Morgan fingerprint density at radius 2 is 2.15 bits per heavy atom. The molecular weight excluding hydrogens is 268 g/mol. The van der Waals surface area contributed by atoms with Gasteiger partial charge in [0.2, 0.25) is 0 Å². The predicted molar refractivity (Wildman–Crippen MR) is 82.5 cm³/mol. The van der Waals surface area contributed by atoms with Crippen molar-refractivity contribution in [2.45, 2.75) is 25.8 Å². The highest BCUT2D eigenvalue weighted by molar-refractivity contribution is 7.09. The van der Waals surface area contributed by atoms with Crippen LogP contribution in [0.25, 0.3) is 0 Å². The number of thiazole rings is 1. The molecule has 2 aromatic rings. The van der Waals surface area contributed by atoms with E-state index < -0.39 is 0 Å². The topological polar surface area (TPSA) is 25.4 Å². The van der Waals surface area contributed by atoms with Crippen LogP contribution in [0.2, 0.25) is 0 Å². The number of ether oxygens (including phenoxy) is 1. The summed E-state index contributed by atoms with van der Waals surface area (Å²) in [4.78, 5) is 8.27. The molecule has 0 aliphatic carbocycles. The standard InChI is InChI=1S/C16H20N2OS/c1-12-16(20-11-17-12)10-18-8-7-14(9-18)13-3-5-15(19-2)6-4-13/h3-6,11,14H,7-10H2,1-2H3. The summed E-state index contributed by atoms with van der Waals surface area (Å²) in [6.07, 6.45) is 1.24. The molecule has 1 saturated heterocycles. The van der Waals surface area contributed by atoms with E-state index in [1.54, 1.807) is 18.4 Å². The van der Waals surface area contributed by atoms with Crippen LogP contribution in [0, 0.1) is 6.92 Å². The van der Waals surface area contributed by atoms with Gasteiger partial charge in [-0.1, -0.05) is 12.1 Å². The fourth-order valence-electron chi connectivity index (χ4n) is 2.81. The van der Waals surface area contributed by atoms with Crippen LogP contribution in [0.4, 0.5) is 0 Å². The molecule has 106 valence electrons. The zero-order chi connectivity index (χ0) is 13.9. The average Bonchev–Trinajstić information content (AvgIpc) is 3.10. The molecule has 1 aromatic carbocycles. The summed E-state index contributed by atoms with van der Waals surface area (Å²) >= 11 is 1.77. The maximum absolute atomic E-state index is 5.22. The van der Waals surface area contributed by atoms with E-state index in [-0.39, 0.29) is 0 Å². The Morgan fingerprint density at radius 3 is 2.80 bits per heavy atom. The highest BCUT2D eigenvalue weighted by Crippen LogP contribution is 2.30. The highest BCUT2D eigenvalue weighted by Gasteiger charge is 2.24. The predicted octanol–water partition coefficient (Wildman–Crippen LogP) is 3.45. The Bertz CT molecular complexity index is 564. The molecular formula is C16H20N2OS. The van der Waals surface area contributed by atoms with Crippen molar-refractivity contribution in [3.05, 3.63) is 45.9 Å². The third kappa shape index (κ3) is 2.86. The summed E-state index contributed by atoms with van der Waals surface area (Å²) in [5.74, 6) is 1.58. The molecule has 1 aliphatic heterocycles. The molecule has 20 heavy (non-hydrogen) atoms. The van der Waals surface area contributed by atoms with Crippen LogP contribution in [0.5, 0.6) is 5.75 Å². The van der Waals surface area contributed by atoms with Crippen LogP contribution in [-0.4, -0.2) is 30.1 Å². The van der Waals surface area contributed by atoms with Gasteiger partial charge in [0.15, 0.2) is 0 Å². The monoisotopic (exact) mass is 288 g/mol. The SMILES string of the molecule is COc1ccc(C2CCN(Cc3scnc3C)C2)cc1. The normalized spacial score (nSPS) is 19.4. The van der Waals surface area contributed by atoms with E-state index in [9.17, 15) is 0 Å². The van der Waals surface area contributed by atoms with E-state index in [1.165, 1.54) is 29.1 Å². The minimum absolute atomic E-state index is 0.647. The van der Waals surface area contributed by atoms with Crippen molar-refractivity contribution < 1.29 is 4.74 Å². The zero-order valence-corrected chi connectivity index (χ0v) is 12.8. The molecule has 0 radical (unpaired) electrons. The first kappa shape index (κ1) is 13.6. The first-order valence-electron chi connectivity index (χ1n) is 7.01. The minimum Gasteiger partial charge on any atom is -0.497 e. The molecule has 2 heterocycles. The van der Waals surface area contributed by atoms with Crippen LogP contribution in [-0.2, 0) is 6.54 Å². The number of rotatable bonds is 4. The Morgan fingerprint density at radius 1 is 1.35 bits per heavy atom. The minimum atomic E-state index is 0.647. The van der Waals surface area contributed by atoms with Crippen molar-refractivity contribution in [2.75, 3.05) is 20.2 Å². The lowest BCUT2D eigenvalue weighted by Gasteiger charge is -2.15. The van der Waals surface area contributed by atoms with Crippen LogP contribution >= 0.6 is 11.3 Å². The number of likely N-dealkylation sites (tertiary alicyclic amines) is 1. The largest absolute Gasteiger partial charge is 0.497 e. The Labute approximate surface area is 124 Å². The van der Waals surface area contributed by atoms with Gasteiger partial charge in [0.1, 0.15) is 5.75 Å². The van der Waals surface area contributed by atoms with Gasteiger partial charge in [-0.3, -0.25) is 4.90 Å². The van der Waals surface area contributed by atoms with E-state index in [1.807, 2.05) is 5.51 Å². The van der Waals surface area contributed by atoms with Gasteiger partial charge in [0.05, 0.1) is 18.3 Å². The zero-order valence-electron chi connectivity index (χ0n) is 12.0. The van der Waals surface area contributed by atoms with Crippen LogP contribution in [0.15, 0.2) is 29.8 Å². The number of hydrogen-bond acceptors (Lipinski definition) is 4. The number of methoxy groups -OCH3 is 1. The molecule has 0 N–H and O–H groups in total. The van der Waals surface area contributed by atoms with Crippen LogP contribution < -0.4 is 4.74 Å². The molecule has 1 fully saturated rings. The Balaban J connectivity index is 1.62. The van der Waals surface area contributed by atoms with E-state index in [0.29, 0.717) is 5.92 Å². The molecule has 0 saturated carbocycles. The number of hydrogen-bond donors (Lipinski definition) is 0.